The first-order valence-electron chi connectivity index (χ1n) is 4.40. The Balaban J connectivity index is 2.07. The first-order valence-corrected chi connectivity index (χ1v) is 6.37. The third-order valence-electron chi connectivity index (χ3n) is 1.92. The van der Waals surface area contributed by atoms with E-state index in [4.69, 9.17) is 5.73 Å². The van der Waals surface area contributed by atoms with E-state index in [2.05, 4.69) is 10.3 Å². The van der Waals surface area contributed by atoms with Gasteiger partial charge in [-0.1, -0.05) is 0 Å². The molecule has 1 aliphatic heterocycles. The van der Waals surface area contributed by atoms with Gasteiger partial charge in [0, 0.05) is 23.7 Å². The summed E-state index contributed by atoms with van der Waals surface area (Å²) in [6.45, 7) is 1.48. The van der Waals surface area contributed by atoms with E-state index in [0.717, 1.165) is 23.8 Å². The molecule has 3 nitrogen and oxygen atoms in total. The number of nitrogens with one attached hydrogen (secondary N) is 1. The molecular weight excluding hydrogens is 202 g/mol. The Bertz CT molecular complexity index is 261. The molecule has 3 N–H and O–H groups in total. The molecule has 0 aromatic carbocycles. The van der Waals surface area contributed by atoms with Crippen molar-refractivity contribution in [1.82, 2.24) is 4.98 Å². The number of hydrogen-bond acceptors (Lipinski definition) is 5. The average Bonchev–Trinajstić information content (AvgIpc) is 2.57. The van der Waals surface area contributed by atoms with Crippen molar-refractivity contribution in [3.63, 3.8) is 0 Å². The molecule has 13 heavy (non-hydrogen) atoms. The smallest absolute Gasteiger partial charge is 0.183 e. The Labute approximate surface area is 86.1 Å². The predicted octanol–water partition coefficient (Wildman–Crippen LogP) is 1.30. The van der Waals surface area contributed by atoms with Gasteiger partial charge in [-0.05, 0) is 12.2 Å². The van der Waals surface area contributed by atoms with Crippen LogP contribution in [0.15, 0.2) is 0 Å². The van der Waals surface area contributed by atoms with Gasteiger partial charge in [0.15, 0.2) is 5.13 Å². The molecule has 0 radical (unpaired) electrons. The zero-order valence-electron chi connectivity index (χ0n) is 7.38. The summed E-state index contributed by atoms with van der Waals surface area (Å²) in [5.74, 6) is 2.35. The lowest BCUT2D eigenvalue weighted by molar-refractivity contribution is 0.997. The number of aromatic nitrogens is 1. The number of aryl methyl sites for hydroxylation is 1. The highest BCUT2D eigenvalue weighted by Gasteiger charge is 2.14. The predicted molar refractivity (Wildman–Crippen MR) is 59.5 cm³/mol. The summed E-state index contributed by atoms with van der Waals surface area (Å²) < 4.78 is 0. The highest BCUT2D eigenvalue weighted by Crippen LogP contribution is 2.31. The number of rotatable bonds is 3. The van der Waals surface area contributed by atoms with Crippen LogP contribution in [0.2, 0.25) is 0 Å². The van der Waals surface area contributed by atoms with Crippen molar-refractivity contribution in [3.05, 3.63) is 10.6 Å². The van der Waals surface area contributed by atoms with Crippen molar-refractivity contribution in [2.45, 2.75) is 12.2 Å². The second-order valence-corrected chi connectivity index (χ2v) is 5.10. The molecule has 2 heterocycles. The van der Waals surface area contributed by atoms with E-state index in [-0.39, 0.29) is 0 Å². The van der Waals surface area contributed by atoms with Crippen LogP contribution in [0.1, 0.15) is 10.6 Å². The fraction of sp³-hybridized carbons (Fsp3) is 0.625. The van der Waals surface area contributed by atoms with Gasteiger partial charge in [-0.2, -0.15) is 11.8 Å². The van der Waals surface area contributed by atoms with Crippen LogP contribution in [0.3, 0.4) is 0 Å². The molecule has 0 fully saturated rings. The van der Waals surface area contributed by atoms with E-state index in [0.29, 0.717) is 6.54 Å². The molecule has 0 saturated heterocycles. The van der Waals surface area contributed by atoms with Crippen molar-refractivity contribution >= 4 is 28.2 Å². The van der Waals surface area contributed by atoms with Crippen LogP contribution < -0.4 is 11.1 Å². The molecule has 0 spiro atoms. The molecule has 0 saturated carbocycles. The molecule has 72 valence electrons. The molecule has 0 amide bonds. The van der Waals surface area contributed by atoms with E-state index in [1.807, 2.05) is 11.8 Å². The second-order valence-electron chi connectivity index (χ2n) is 2.91. The average molecular weight is 215 g/mol. The summed E-state index contributed by atoms with van der Waals surface area (Å²) in [5, 5.41) is 4.26. The van der Waals surface area contributed by atoms with Crippen molar-refractivity contribution in [2.24, 2.45) is 5.73 Å². The number of nitrogens with two attached hydrogens (primary N) is 1. The SMILES string of the molecule is NCCNc1nc2c(s1)CSCC2. The number of thiazole rings is 1. The molecular formula is C8H13N3S2. The fourth-order valence-electron chi connectivity index (χ4n) is 1.28. The number of thioether (sulfide) groups is 1. The van der Waals surface area contributed by atoms with E-state index in [1.165, 1.54) is 16.3 Å². The Hall–Kier alpha value is -0.260. The van der Waals surface area contributed by atoms with Gasteiger partial charge in [0.1, 0.15) is 0 Å². The van der Waals surface area contributed by atoms with Crippen LogP contribution in [0.5, 0.6) is 0 Å². The van der Waals surface area contributed by atoms with Gasteiger partial charge in [-0.15, -0.1) is 11.3 Å². The van der Waals surface area contributed by atoms with Gasteiger partial charge >= 0.3 is 0 Å². The third-order valence-corrected chi connectivity index (χ3v) is 4.14. The van der Waals surface area contributed by atoms with Gasteiger partial charge in [0.2, 0.25) is 0 Å². The summed E-state index contributed by atoms with van der Waals surface area (Å²) in [6, 6.07) is 0. The lowest BCUT2D eigenvalue weighted by Crippen LogP contribution is -2.12. The minimum Gasteiger partial charge on any atom is -0.360 e. The van der Waals surface area contributed by atoms with Crippen LogP contribution in [-0.4, -0.2) is 23.8 Å². The summed E-state index contributed by atoms with van der Waals surface area (Å²) in [7, 11) is 0. The van der Waals surface area contributed by atoms with Gasteiger partial charge < -0.3 is 11.1 Å². The molecule has 5 heteroatoms. The Morgan fingerprint density at radius 3 is 3.23 bits per heavy atom. The molecule has 2 rings (SSSR count). The number of fused-ring (bicyclic) bond motifs is 1. The summed E-state index contributed by atoms with van der Waals surface area (Å²) in [5.41, 5.74) is 6.70. The molecule has 0 atom stereocenters. The maximum Gasteiger partial charge on any atom is 0.183 e. The highest BCUT2D eigenvalue weighted by atomic mass is 32.2. The summed E-state index contributed by atoms with van der Waals surface area (Å²) >= 11 is 3.77. The van der Waals surface area contributed by atoms with Crippen LogP contribution in [-0.2, 0) is 12.2 Å². The minimum atomic E-state index is 0.666. The first-order chi connectivity index (χ1) is 6.40. The highest BCUT2D eigenvalue weighted by molar-refractivity contribution is 7.98. The van der Waals surface area contributed by atoms with E-state index in [9.17, 15) is 0 Å². The molecule has 0 unspecified atom stereocenters. The van der Waals surface area contributed by atoms with Crippen molar-refractivity contribution in [3.8, 4) is 0 Å². The standard InChI is InChI=1S/C8H13N3S2/c9-2-3-10-8-11-6-1-4-12-5-7(6)13-8/h1-5,9H2,(H,10,11). The van der Waals surface area contributed by atoms with E-state index in [1.54, 1.807) is 11.3 Å². The monoisotopic (exact) mass is 215 g/mol. The largest absolute Gasteiger partial charge is 0.360 e. The molecule has 1 aliphatic rings. The van der Waals surface area contributed by atoms with Gasteiger partial charge in [0.05, 0.1) is 5.69 Å². The van der Waals surface area contributed by atoms with E-state index < -0.39 is 0 Å². The normalized spacial score (nSPS) is 15.5. The quantitative estimate of drug-likeness (QED) is 0.798. The van der Waals surface area contributed by atoms with Crippen LogP contribution in [0.4, 0.5) is 5.13 Å². The van der Waals surface area contributed by atoms with E-state index >= 15 is 0 Å². The Morgan fingerprint density at radius 2 is 2.46 bits per heavy atom. The van der Waals surface area contributed by atoms with Gasteiger partial charge in [-0.25, -0.2) is 4.98 Å². The molecule has 1 aromatic heterocycles. The molecule has 1 aromatic rings. The van der Waals surface area contributed by atoms with Crippen molar-refractivity contribution in [1.29, 1.82) is 0 Å². The molecule has 0 aliphatic carbocycles. The molecule has 0 bridgehead atoms. The zero-order valence-corrected chi connectivity index (χ0v) is 9.01. The van der Waals surface area contributed by atoms with Crippen molar-refractivity contribution in [2.75, 3.05) is 24.2 Å². The van der Waals surface area contributed by atoms with Gasteiger partial charge in [0.25, 0.3) is 0 Å². The third kappa shape index (κ3) is 2.15. The summed E-state index contributed by atoms with van der Waals surface area (Å²) in [6.07, 6.45) is 1.13. The number of hydrogen-bond donors (Lipinski definition) is 2. The fourth-order valence-corrected chi connectivity index (χ4v) is 3.43. The Kier molecular flexibility index (Phi) is 3.08. The van der Waals surface area contributed by atoms with Crippen LogP contribution >= 0.6 is 23.1 Å². The van der Waals surface area contributed by atoms with Crippen LogP contribution in [0.25, 0.3) is 0 Å². The number of nitrogens with zero attached hydrogens (tertiary/aromatic N) is 1. The number of anilines is 1. The lowest BCUT2D eigenvalue weighted by Gasteiger charge is -2.06. The maximum atomic E-state index is 5.41. The van der Waals surface area contributed by atoms with Gasteiger partial charge in [-0.3, -0.25) is 0 Å². The first kappa shape index (κ1) is 9.30. The maximum absolute atomic E-state index is 5.41. The van der Waals surface area contributed by atoms with Crippen LogP contribution in [0, 0.1) is 0 Å². The summed E-state index contributed by atoms with van der Waals surface area (Å²) in [4.78, 5) is 5.97. The lowest BCUT2D eigenvalue weighted by atomic mass is 10.3. The topological polar surface area (TPSA) is 50.9 Å². The van der Waals surface area contributed by atoms with Crippen molar-refractivity contribution < 1.29 is 0 Å². The second kappa shape index (κ2) is 4.30. The Morgan fingerprint density at radius 1 is 1.54 bits per heavy atom. The minimum absolute atomic E-state index is 0.666. The zero-order chi connectivity index (χ0) is 9.10.